The standard InChI is InChI=1S/C44H58N4O6/c1-5-12-51-41-28-16-30-22-37(46)24-32(42(30)52-13-6-2)18-34-26-39(48)27-35(44(34)54-15-10-9-11-40(49)50-8-4)19-33-25-38(47)23-31(43(33)53-14-7-3)17-29(41)21-36(45)20-28/h20-27H,5-19,45-48H2,1-4H3. The van der Waals surface area contributed by atoms with Crippen LogP contribution >= 0.6 is 0 Å². The molecule has 0 saturated heterocycles. The molecule has 0 aliphatic heterocycles. The van der Waals surface area contributed by atoms with Crippen molar-refractivity contribution in [3.8, 4) is 23.0 Å². The molecule has 0 spiro atoms. The first-order valence-electron chi connectivity index (χ1n) is 19.5. The molecule has 0 amide bonds. The summed E-state index contributed by atoms with van der Waals surface area (Å²) in [4.78, 5) is 12.0. The molecule has 4 aromatic rings. The van der Waals surface area contributed by atoms with Crippen molar-refractivity contribution in [1.82, 2.24) is 0 Å². The number of hydrogen-bond acceptors (Lipinski definition) is 10. The van der Waals surface area contributed by atoms with E-state index in [1.54, 1.807) is 0 Å². The predicted molar refractivity (Wildman–Crippen MR) is 218 cm³/mol. The summed E-state index contributed by atoms with van der Waals surface area (Å²) in [5.41, 5.74) is 36.6. The van der Waals surface area contributed by atoms with Crippen LogP contribution in [0.15, 0.2) is 48.5 Å². The first-order valence-corrected chi connectivity index (χ1v) is 19.5. The fourth-order valence-electron chi connectivity index (χ4n) is 7.13. The molecule has 8 N–H and O–H groups in total. The summed E-state index contributed by atoms with van der Waals surface area (Å²) < 4.78 is 31.5. The van der Waals surface area contributed by atoms with Crippen LogP contribution in [-0.2, 0) is 35.2 Å². The molecular formula is C44H58N4O6. The molecule has 290 valence electrons. The van der Waals surface area contributed by atoms with Gasteiger partial charge in [-0.2, -0.15) is 0 Å². The van der Waals surface area contributed by atoms with Gasteiger partial charge in [0.25, 0.3) is 0 Å². The molecule has 0 atom stereocenters. The molecular weight excluding hydrogens is 681 g/mol. The number of benzene rings is 4. The van der Waals surface area contributed by atoms with Crippen molar-refractivity contribution in [2.24, 2.45) is 0 Å². The Morgan fingerprint density at radius 2 is 0.741 bits per heavy atom. The number of fused-ring (bicyclic) bond motifs is 8. The Kier molecular flexibility index (Phi) is 14.2. The van der Waals surface area contributed by atoms with Gasteiger partial charge in [-0.25, -0.2) is 0 Å². The van der Waals surface area contributed by atoms with Crippen molar-refractivity contribution >= 4 is 28.7 Å². The van der Waals surface area contributed by atoms with Crippen LogP contribution in [0, 0.1) is 0 Å². The lowest BCUT2D eigenvalue weighted by Crippen LogP contribution is -2.12. The van der Waals surface area contributed by atoms with Gasteiger partial charge in [-0.3, -0.25) is 4.79 Å². The molecule has 10 nitrogen and oxygen atoms in total. The van der Waals surface area contributed by atoms with Gasteiger partial charge in [0, 0.05) is 99.4 Å². The zero-order valence-corrected chi connectivity index (χ0v) is 32.5. The first kappa shape index (κ1) is 39.9. The minimum atomic E-state index is -0.202. The minimum absolute atomic E-state index is 0.202. The van der Waals surface area contributed by atoms with E-state index in [0.29, 0.717) is 101 Å². The molecule has 1 aliphatic rings. The predicted octanol–water partition coefficient (Wildman–Crippen LogP) is 8.17. The maximum absolute atomic E-state index is 12.0. The molecule has 5 rings (SSSR count). The Balaban J connectivity index is 1.73. The van der Waals surface area contributed by atoms with E-state index in [1.807, 2.05) is 55.5 Å². The van der Waals surface area contributed by atoms with Crippen LogP contribution in [-0.4, -0.2) is 39.0 Å². The third-order valence-electron chi connectivity index (χ3n) is 9.26. The van der Waals surface area contributed by atoms with Crippen molar-refractivity contribution in [1.29, 1.82) is 0 Å². The third kappa shape index (κ3) is 10.2. The third-order valence-corrected chi connectivity index (χ3v) is 9.26. The van der Waals surface area contributed by atoms with Crippen molar-refractivity contribution in [3.05, 3.63) is 93.0 Å². The molecule has 1 aliphatic carbocycles. The minimum Gasteiger partial charge on any atom is -0.493 e. The average molecular weight is 739 g/mol. The molecule has 0 fully saturated rings. The van der Waals surface area contributed by atoms with Gasteiger partial charge in [0.15, 0.2) is 0 Å². The number of nitrogen functional groups attached to an aromatic ring is 4. The largest absolute Gasteiger partial charge is 0.493 e. The Hall–Kier alpha value is -5.25. The fraction of sp³-hybridized carbons (Fsp3) is 0.432. The number of hydrogen-bond donors (Lipinski definition) is 4. The second-order valence-corrected chi connectivity index (χ2v) is 14.0. The van der Waals surface area contributed by atoms with Crippen molar-refractivity contribution < 1.29 is 28.5 Å². The van der Waals surface area contributed by atoms with Gasteiger partial charge in [-0.15, -0.1) is 0 Å². The summed E-state index contributed by atoms with van der Waals surface area (Å²) in [6.07, 6.45) is 6.06. The molecule has 0 saturated carbocycles. The zero-order valence-electron chi connectivity index (χ0n) is 32.5. The Morgan fingerprint density at radius 1 is 0.463 bits per heavy atom. The number of rotatable bonds is 16. The number of carbonyl (C=O) groups is 1. The van der Waals surface area contributed by atoms with Crippen LogP contribution in [0.4, 0.5) is 22.7 Å². The van der Waals surface area contributed by atoms with Gasteiger partial charge in [0.2, 0.25) is 0 Å². The van der Waals surface area contributed by atoms with Gasteiger partial charge in [-0.05, 0) is 87.6 Å². The van der Waals surface area contributed by atoms with Gasteiger partial charge >= 0.3 is 5.97 Å². The van der Waals surface area contributed by atoms with Crippen LogP contribution in [0.3, 0.4) is 0 Å². The maximum atomic E-state index is 12.0. The first-order chi connectivity index (χ1) is 26.1. The molecule has 0 heterocycles. The van der Waals surface area contributed by atoms with Crippen LogP contribution < -0.4 is 41.9 Å². The highest BCUT2D eigenvalue weighted by atomic mass is 16.5. The summed E-state index contributed by atoms with van der Waals surface area (Å²) in [5.74, 6) is 2.89. The lowest BCUT2D eigenvalue weighted by Gasteiger charge is -2.24. The highest BCUT2D eigenvalue weighted by molar-refractivity contribution is 5.69. The summed E-state index contributed by atoms with van der Waals surface area (Å²) >= 11 is 0. The van der Waals surface area contributed by atoms with Crippen molar-refractivity contribution in [2.75, 3.05) is 56.0 Å². The molecule has 4 aromatic carbocycles. The second-order valence-electron chi connectivity index (χ2n) is 14.0. The Morgan fingerprint density at radius 3 is 1.00 bits per heavy atom. The highest BCUT2D eigenvalue weighted by Gasteiger charge is 2.24. The fourth-order valence-corrected chi connectivity index (χ4v) is 7.13. The second kappa shape index (κ2) is 19.2. The van der Waals surface area contributed by atoms with Gasteiger partial charge in [-0.1, -0.05) is 20.8 Å². The number of carbonyl (C=O) groups excluding carboxylic acids is 1. The van der Waals surface area contributed by atoms with E-state index in [2.05, 4.69) is 20.8 Å². The van der Waals surface area contributed by atoms with E-state index in [-0.39, 0.29) is 5.97 Å². The van der Waals surface area contributed by atoms with E-state index in [9.17, 15) is 4.79 Å². The molecule has 8 bridgehead atoms. The van der Waals surface area contributed by atoms with Crippen molar-refractivity contribution in [2.45, 2.75) is 91.9 Å². The van der Waals surface area contributed by atoms with Crippen LogP contribution in [0.5, 0.6) is 23.0 Å². The number of nitrogens with two attached hydrogens (primary N) is 4. The topological polar surface area (TPSA) is 167 Å². The van der Waals surface area contributed by atoms with Crippen molar-refractivity contribution in [3.63, 3.8) is 0 Å². The summed E-state index contributed by atoms with van der Waals surface area (Å²) in [7, 11) is 0. The molecule has 0 unspecified atom stereocenters. The summed E-state index contributed by atoms with van der Waals surface area (Å²) in [6.45, 7) is 10.5. The summed E-state index contributed by atoms with van der Waals surface area (Å²) in [5, 5.41) is 0. The normalized spacial score (nSPS) is 12.2. The zero-order chi connectivity index (χ0) is 38.6. The number of unbranched alkanes of at least 4 members (excludes halogenated alkanes) is 1. The van der Waals surface area contributed by atoms with E-state index in [0.717, 1.165) is 86.8 Å². The maximum Gasteiger partial charge on any atom is 0.305 e. The molecule has 54 heavy (non-hydrogen) atoms. The van der Waals surface area contributed by atoms with E-state index >= 15 is 0 Å². The Bertz CT molecular complexity index is 1800. The van der Waals surface area contributed by atoms with Crippen LogP contribution in [0.1, 0.15) is 111 Å². The summed E-state index contributed by atoms with van der Waals surface area (Å²) in [6, 6.07) is 15.8. The molecule has 0 radical (unpaired) electrons. The average Bonchev–Trinajstić information content (AvgIpc) is 3.11. The van der Waals surface area contributed by atoms with E-state index in [4.69, 9.17) is 46.6 Å². The van der Waals surface area contributed by atoms with Gasteiger partial charge in [0.1, 0.15) is 23.0 Å². The van der Waals surface area contributed by atoms with Crippen LogP contribution in [0.25, 0.3) is 0 Å². The SMILES string of the molecule is CCCOc1c2cc(N)cc1Cc1cc(N)cc(c1OCCC)Cc1cc(N)cc(c1OCCCCC(=O)OCC)Cc1cc(N)cc(c1OCCC)C2. The van der Waals surface area contributed by atoms with E-state index in [1.165, 1.54) is 0 Å². The lowest BCUT2D eigenvalue weighted by molar-refractivity contribution is -0.143. The highest BCUT2D eigenvalue weighted by Crippen LogP contribution is 2.41. The van der Waals surface area contributed by atoms with Gasteiger partial charge < -0.3 is 46.6 Å². The quantitative estimate of drug-likeness (QED) is 0.0440. The Labute approximate surface area is 320 Å². The lowest BCUT2D eigenvalue weighted by atomic mass is 9.90. The molecule has 10 heteroatoms. The number of anilines is 4. The smallest absolute Gasteiger partial charge is 0.305 e. The van der Waals surface area contributed by atoms with Crippen LogP contribution in [0.2, 0.25) is 0 Å². The molecule has 0 aromatic heterocycles. The monoisotopic (exact) mass is 738 g/mol. The van der Waals surface area contributed by atoms with Gasteiger partial charge in [0.05, 0.1) is 33.0 Å². The number of esters is 1. The van der Waals surface area contributed by atoms with E-state index < -0.39 is 0 Å². The number of ether oxygens (including phenoxy) is 5.